The van der Waals surface area contributed by atoms with Gasteiger partial charge in [0.05, 0.1) is 22.5 Å². The molecule has 0 aliphatic carbocycles. The number of rotatable bonds is 4. The molecule has 1 aromatic heterocycles. The molecule has 23 heavy (non-hydrogen) atoms. The maximum Gasteiger partial charge on any atom is 0.241 e. The summed E-state index contributed by atoms with van der Waals surface area (Å²) in [7, 11) is -3.73. The SMILES string of the molecule is CC(C)(NS(=O)(=O)c1ccc2c(c1)CC(=O)N2)c1ccccn1. The second kappa shape index (κ2) is 5.43. The predicted octanol–water partition coefficient (Wildman–Crippen LogP) is 1.79. The third-order valence-electron chi connectivity index (χ3n) is 3.71. The van der Waals surface area contributed by atoms with Gasteiger partial charge in [-0.1, -0.05) is 6.07 Å². The fraction of sp³-hybridized carbons (Fsp3) is 0.250. The van der Waals surface area contributed by atoms with Crippen molar-refractivity contribution < 1.29 is 13.2 Å². The Kier molecular flexibility index (Phi) is 3.69. The summed E-state index contributed by atoms with van der Waals surface area (Å²) < 4.78 is 28.0. The van der Waals surface area contributed by atoms with Crippen molar-refractivity contribution in [2.75, 3.05) is 5.32 Å². The van der Waals surface area contributed by atoms with Crippen LogP contribution in [0.3, 0.4) is 0 Å². The number of sulfonamides is 1. The molecule has 0 saturated heterocycles. The van der Waals surface area contributed by atoms with Gasteiger partial charge in [0, 0.05) is 11.9 Å². The van der Waals surface area contributed by atoms with Crippen LogP contribution >= 0.6 is 0 Å². The Morgan fingerprint density at radius 1 is 1.22 bits per heavy atom. The first-order valence-electron chi connectivity index (χ1n) is 7.16. The van der Waals surface area contributed by atoms with Crippen LogP contribution < -0.4 is 10.0 Å². The summed E-state index contributed by atoms with van der Waals surface area (Å²) in [5, 5.41) is 2.69. The molecule has 1 amide bonds. The lowest BCUT2D eigenvalue weighted by Gasteiger charge is -2.25. The number of amides is 1. The summed E-state index contributed by atoms with van der Waals surface area (Å²) in [5.74, 6) is -0.128. The van der Waals surface area contributed by atoms with E-state index in [1.54, 1.807) is 38.2 Å². The van der Waals surface area contributed by atoms with Gasteiger partial charge in [-0.25, -0.2) is 8.42 Å². The van der Waals surface area contributed by atoms with E-state index in [4.69, 9.17) is 0 Å². The Morgan fingerprint density at radius 3 is 2.70 bits per heavy atom. The standard InChI is InChI=1S/C16H17N3O3S/c1-16(2,14-5-3-4-8-17-14)19-23(21,22)12-6-7-13-11(9-12)10-15(20)18-13/h3-9,19H,10H2,1-2H3,(H,18,20). The van der Waals surface area contributed by atoms with Gasteiger partial charge in [-0.15, -0.1) is 0 Å². The molecule has 6 nitrogen and oxygen atoms in total. The van der Waals surface area contributed by atoms with Gasteiger partial charge in [0.15, 0.2) is 0 Å². The van der Waals surface area contributed by atoms with Gasteiger partial charge >= 0.3 is 0 Å². The lowest BCUT2D eigenvalue weighted by Crippen LogP contribution is -2.41. The molecule has 0 fully saturated rings. The molecule has 0 spiro atoms. The molecular formula is C16H17N3O3S. The van der Waals surface area contributed by atoms with E-state index in [-0.39, 0.29) is 17.2 Å². The summed E-state index contributed by atoms with van der Waals surface area (Å²) in [4.78, 5) is 15.7. The van der Waals surface area contributed by atoms with Crippen molar-refractivity contribution in [3.05, 3.63) is 53.9 Å². The zero-order chi connectivity index (χ0) is 16.7. The van der Waals surface area contributed by atoms with E-state index < -0.39 is 15.6 Å². The van der Waals surface area contributed by atoms with E-state index in [0.717, 1.165) is 0 Å². The largest absolute Gasteiger partial charge is 0.326 e. The number of carbonyl (C=O) groups is 1. The average Bonchev–Trinajstić information content (AvgIpc) is 2.86. The zero-order valence-electron chi connectivity index (χ0n) is 12.8. The highest BCUT2D eigenvalue weighted by Crippen LogP contribution is 2.27. The molecule has 1 aromatic carbocycles. The molecular weight excluding hydrogens is 314 g/mol. The van der Waals surface area contributed by atoms with Gasteiger partial charge in [-0.05, 0) is 49.7 Å². The third-order valence-corrected chi connectivity index (χ3v) is 5.36. The van der Waals surface area contributed by atoms with Crippen LogP contribution in [0, 0.1) is 0 Å². The van der Waals surface area contributed by atoms with Crippen LogP contribution in [0.1, 0.15) is 25.1 Å². The number of nitrogens with one attached hydrogen (secondary N) is 2. The minimum Gasteiger partial charge on any atom is -0.326 e. The van der Waals surface area contributed by atoms with Gasteiger partial charge in [-0.2, -0.15) is 4.72 Å². The first kappa shape index (κ1) is 15.6. The Labute approximate surface area is 135 Å². The Balaban J connectivity index is 1.91. The number of aromatic nitrogens is 1. The highest BCUT2D eigenvalue weighted by Gasteiger charge is 2.30. The quantitative estimate of drug-likeness (QED) is 0.894. The lowest BCUT2D eigenvalue weighted by atomic mass is 10.0. The summed E-state index contributed by atoms with van der Waals surface area (Å²) in [6, 6.07) is 9.99. The van der Waals surface area contributed by atoms with E-state index in [0.29, 0.717) is 16.9 Å². The Hall–Kier alpha value is -2.25. The summed E-state index contributed by atoms with van der Waals surface area (Å²) in [6.45, 7) is 3.51. The Bertz CT molecular complexity index is 861. The van der Waals surface area contributed by atoms with Crippen molar-refractivity contribution >= 4 is 21.6 Å². The molecule has 2 heterocycles. The molecule has 1 aliphatic rings. The first-order valence-corrected chi connectivity index (χ1v) is 8.64. The van der Waals surface area contributed by atoms with Gasteiger partial charge in [0.25, 0.3) is 0 Å². The smallest absolute Gasteiger partial charge is 0.241 e. The molecule has 120 valence electrons. The van der Waals surface area contributed by atoms with Gasteiger partial charge in [0.2, 0.25) is 15.9 Å². The monoisotopic (exact) mass is 331 g/mol. The van der Waals surface area contributed by atoms with Gasteiger partial charge < -0.3 is 5.32 Å². The molecule has 0 bridgehead atoms. The number of anilines is 1. The van der Waals surface area contributed by atoms with E-state index >= 15 is 0 Å². The molecule has 7 heteroatoms. The average molecular weight is 331 g/mol. The Morgan fingerprint density at radius 2 is 2.00 bits per heavy atom. The number of hydrogen-bond acceptors (Lipinski definition) is 4. The molecule has 0 saturated carbocycles. The molecule has 0 radical (unpaired) electrons. The van der Waals surface area contributed by atoms with Crippen LogP contribution in [0.5, 0.6) is 0 Å². The van der Waals surface area contributed by atoms with Crippen LogP contribution in [0.25, 0.3) is 0 Å². The highest BCUT2D eigenvalue weighted by atomic mass is 32.2. The van der Waals surface area contributed by atoms with Crippen LogP contribution in [0.4, 0.5) is 5.69 Å². The van der Waals surface area contributed by atoms with Crippen molar-refractivity contribution in [3.8, 4) is 0 Å². The van der Waals surface area contributed by atoms with Crippen molar-refractivity contribution in [3.63, 3.8) is 0 Å². The topological polar surface area (TPSA) is 88.2 Å². The second-order valence-corrected chi connectivity index (χ2v) is 7.67. The van der Waals surface area contributed by atoms with Gasteiger partial charge in [-0.3, -0.25) is 9.78 Å². The van der Waals surface area contributed by atoms with E-state index in [1.807, 2.05) is 6.07 Å². The van der Waals surface area contributed by atoms with Crippen molar-refractivity contribution in [2.45, 2.75) is 30.7 Å². The fourth-order valence-electron chi connectivity index (χ4n) is 2.55. The highest BCUT2D eigenvalue weighted by molar-refractivity contribution is 7.89. The number of nitrogens with zero attached hydrogens (tertiary/aromatic N) is 1. The maximum atomic E-state index is 12.7. The maximum absolute atomic E-state index is 12.7. The third kappa shape index (κ3) is 3.11. The summed E-state index contributed by atoms with van der Waals surface area (Å²) in [5.41, 5.74) is 1.13. The fourth-order valence-corrected chi connectivity index (χ4v) is 3.99. The summed E-state index contributed by atoms with van der Waals surface area (Å²) in [6.07, 6.45) is 1.82. The number of fused-ring (bicyclic) bond motifs is 1. The number of pyridine rings is 1. The van der Waals surface area contributed by atoms with Crippen molar-refractivity contribution in [1.82, 2.24) is 9.71 Å². The number of hydrogen-bond donors (Lipinski definition) is 2. The van der Waals surface area contributed by atoms with Gasteiger partial charge in [0.1, 0.15) is 0 Å². The van der Waals surface area contributed by atoms with Crippen molar-refractivity contribution in [1.29, 1.82) is 0 Å². The number of carbonyl (C=O) groups excluding carboxylic acids is 1. The number of benzene rings is 1. The van der Waals surface area contributed by atoms with E-state index in [1.165, 1.54) is 12.1 Å². The van der Waals surface area contributed by atoms with Crippen LogP contribution in [0.15, 0.2) is 47.5 Å². The normalized spacial score (nSPS) is 14.4. The van der Waals surface area contributed by atoms with Crippen molar-refractivity contribution in [2.24, 2.45) is 0 Å². The van der Waals surface area contributed by atoms with Crippen LogP contribution in [0.2, 0.25) is 0 Å². The molecule has 0 unspecified atom stereocenters. The molecule has 0 atom stereocenters. The first-order chi connectivity index (χ1) is 10.8. The molecule has 1 aliphatic heterocycles. The van der Waals surface area contributed by atoms with Crippen LogP contribution in [-0.2, 0) is 26.8 Å². The van der Waals surface area contributed by atoms with E-state index in [9.17, 15) is 13.2 Å². The zero-order valence-corrected chi connectivity index (χ0v) is 13.6. The van der Waals surface area contributed by atoms with E-state index in [2.05, 4.69) is 15.0 Å². The minimum absolute atomic E-state index is 0.128. The van der Waals surface area contributed by atoms with Crippen LogP contribution in [-0.4, -0.2) is 19.3 Å². The predicted molar refractivity (Wildman–Crippen MR) is 86.4 cm³/mol. The lowest BCUT2D eigenvalue weighted by molar-refractivity contribution is -0.115. The molecule has 3 rings (SSSR count). The summed E-state index contributed by atoms with van der Waals surface area (Å²) >= 11 is 0. The second-order valence-electron chi connectivity index (χ2n) is 5.99. The molecule has 2 N–H and O–H groups in total. The minimum atomic E-state index is -3.73. The molecule has 2 aromatic rings.